The summed E-state index contributed by atoms with van der Waals surface area (Å²) in [6.07, 6.45) is 0.934. The van der Waals surface area contributed by atoms with Crippen molar-refractivity contribution in [3.8, 4) is 0 Å². The van der Waals surface area contributed by atoms with E-state index in [0.717, 1.165) is 6.42 Å². The maximum Gasteiger partial charge on any atom is 0.0625 e. The molecule has 0 spiro atoms. The van der Waals surface area contributed by atoms with Crippen molar-refractivity contribution in [1.82, 2.24) is 0 Å². The minimum Gasteiger partial charge on any atom is -0.118 e. The van der Waals surface area contributed by atoms with Crippen LogP contribution in [-0.4, -0.2) is 9.75 Å². The van der Waals surface area contributed by atoms with Crippen molar-refractivity contribution in [3.05, 3.63) is 0 Å². The molecule has 1 aliphatic rings. The molecular formula is C5H8Cl2. The molecule has 0 heterocycles. The largest absolute Gasteiger partial charge is 0.118 e. The Bertz CT molecular complexity index is 82.3. The number of hydrogen-bond donors (Lipinski definition) is 0. The third kappa shape index (κ3) is 0.748. The van der Waals surface area contributed by atoms with Crippen LogP contribution >= 0.6 is 23.2 Å². The Labute approximate surface area is 53.8 Å². The quantitative estimate of drug-likeness (QED) is 0.452. The van der Waals surface area contributed by atoms with E-state index in [1.54, 1.807) is 0 Å². The van der Waals surface area contributed by atoms with Gasteiger partial charge in [0.1, 0.15) is 0 Å². The molecule has 2 heteroatoms. The summed E-state index contributed by atoms with van der Waals surface area (Å²) < 4.78 is 0. The molecule has 0 amide bonds. The maximum atomic E-state index is 5.80. The van der Waals surface area contributed by atoms with Crippen molar-refractivity contribution in [2.45, 2.75) is 30.0 Å². The van der Waals surface area contributed by atoms with Gasteiger partial charge in [0.2, 0.25) is 0 Å². The van der Waals surface area contributed by atoms with Crippen LogP contribution in [0, 0.1) is 0 Å². The number of hydrogen-bond acceptors (Lipinski definition) is 0. The zero-order valence-corrected chi connectivity index (χ0v) is 5.97. The summed E-state index contributed by atoms with van der Waals surface area (Å²) in [7, 11) is 0. The van der Waals surface area contributed by atoms with Gasteiger partial charge in [0.25, 0.3) is 0 Å². The summed E-state index contributed by atoms with van der Waals surface area (Å²) >= 11 is 11.6. The summed E-state index contributed by atoms with van der Waals surface area (Å²) in [5.74, 6) is 0. The molecule has 2 atom stereocenters. The van der Waals surface area contributed by atoms with E-state index in [-0.39, 0.29) is 9.75 Å². The Morgan fingerprint density at radius 3 is 1.29 bits per heavy atom. The van der Waals surface area contributed by atoms with Gasteiger partial charge in [-0.05, 0) is 20.3 Å². The van der Waals surface area contributed by atoms with Crippen molar-refractivity contribution in [3.63, 3.8) is 0 Å². The van der Waals surface area contributed by atoms with Crippen molar-refractivity contribution < 1.29 is 0 Å². The normalized spacial score (nSPS) is 60.0. The lowest BCUT2D eigenvalue weighted by atomic mass is 10.4. The number of halogens is 2. The number of alkyl halides is 2. The molecule has 0 saturated heterocycles. The molecule has 0 aromatic heterocycles. The predicted octanol–water partition coefficient (Wildman–Crippen LogP) is 2.39. The summed E-state index contributed by atoms with van der Waals surface area (Å²) in [4.78, 5) is -0.233. The molecule has 0 bridgehead atoms. The highest BCUT2D eigenvalue weighted by Gasteiger charge is 2.59. The molecule has 0 unspecified atom stereocenters. The molecule has 7 heavy (non-hydrogen) atoms. The second-order valence-corrected chi connectivity index (χ2v) is 4.24. The molecule has 0 aromatic carbocycles. The average molecular weight is 139 g/mol. The smallest absolute Gasteiger partial charge is 0.0625 e. The van der Waals surface area contributed by atoms with Crippen LogP contribution in [0.3, 0.4) is 0 Å². The molecule has 1 saturated carbocycles. The van der Waals surface area contributed by atoms with E-state index in [1.807, 2.05) is 13.8 Å². The van der Waals surface area contributed by atoms with Gasteiger partial charge in [-0.2, -0.15) is 0 Å². The zero-order valence-electron chi connectivity index (χ0n) is 4.46. The second-order valence-electron chi connectivity index (χ2n) is 2.57. The predicted molar refractivity (Wildman–Crippen MR) is 33.1 cm³/mol. The van der Waals surface area contributed by atoms with E-state index in [2.05, 4.69) is 0 Å². The third-order valence-corrected chi connectivity index (χ3v) is 2.82. The maximum absolute atomic E-state index is 5.80. The Kier molecular flexibility index (Phi) is 0.907. The highest BCUT2D eigenvalue weighted by atomic mass is 35.5. The first kappa shape index (κ1) is 5.71. The molecular weight excluding hydrogens is 131 g/mol. The molecule has 0 aromatic rings. The fourth-order valence-corrected chi connectivity index (χ4v) is 1.18. The summed E-state index contributed by atoms with van der Waals surface area (Å²) in [6.45, 7) is 3.92. The van der Waals surface area contributed by atoms with Crippen LogP contribution in [0.25, 0.3) is 0 Å². The Morgan fingerprint density at radius 2 is 1.29 bits per heavy atom. The molecule has 1 rings (SSSR count). The minimum absolute atomic E-state index is 0.117. The average Bonchev–Trinajstić information content (AvgIpc) is 1.63. The van der Waals surface area contributed by atoms with E-state index in [4.69, 9.17) is 23.2 Å². The lowest BCUT2D eigenvalue weighted by Crippen LogP contribution is -2.03. The summed E-state index contributed by atoms with van der Waals surface area (Å²) in [5, 5.41) is 0. The fraction of sp³-hybridized carbons (Fsp3) is 1.00. The fourth-order valence-electron chi connectivity index (χ4n) is 0.579. The third-order valence-electron chi connectivity index (χ3n) is 1.63. The van der Waals surface area contributed by atoms with Crippen LogP contribution in [0.4, 0.5) is 0 Å². The number of rotatable bonds is 0. The molecule has 0 N–H and O–H groups in total. The topological polar surface area (TPSA) is 0 Å². The highest BCUT2D eigenvalue weighted by Crippen LogP contribution is 2.57. The van der Waals surface area contributed by atoms with E-state index < -0.39 is 0 Å². The molecule has 42 valence electrons. The summed E-state index contributed by atoms with van der Waals surface area (Å²) in [6, 6.07) is 0. The minimum atomic E-state index is -0.117. The van der Waals surface area contributed by atoms with E-state index in [1.165, 1.54) is 0 Å². The summed E-state index contributed by atoms with van der Waals surface area (Å²) in [5.41, 5.74) is 0. The first-order chi connectivity index (χ1) is 2.96. The van der Waals surface area contributed by atoms with Crippen molar-refractivity contribution >= 4 is 23.2 Å². The van der Waals surface area contributed by atoms with Gasteiger partial charge >= 0.3 is 0 Å². The van der Waals surface area contributed by atoms with Crippen molar-refractivity contribution in [2.24, 2.45) is 0 Å². The van der Waals surface area contributed by atoms with Gasteiger partial charge < -0.3 is 0 Å². The van der Waals surface area contributed by atoms with Crippen LogP contribution in [-0.2, 0) is 0 Å². The Morgan fingerprint density at radius 1 is 1.14 bits per heavy atom. The van der Waals surface area contributed by atoms with Crippen molar-refractivity contribution in [2.75, 3.05) is 0 Å². The monoisotopic (exact) mass is 138 g/mol. The van der Waals surface area contributed by atoms with E-state index in [9.17, 15) is 0 Å². The van der Waals surface area contributed by atoms with Crippen LogP contribution in [0.5, 0.6) is 0 Å². The van der Waals surface area contributed by atoms with E-state index >= 15 is 0 Å². The molecule has 1 aliphatic carbocycles. The molecule has 0 nitrogen and oxygen atoms in total. The first-order valence-corrected chi connectivity index (χ1v) is 3.09. The van der Waals surface area contributed by atoms with E-state index in [0.29, 0.717) is 0 Å². The van der Waals surface area contributed by atoms with Crippen LogP contribution in [0.2, 0.25) is 0 Å². The van der Waals surface area contributed by atoms with Crippen LogP contribution < -0.4 is 0 Å². The Hall–Kier alpha value is 0.580. The van der Waals surface area contributed by atoms with Crippen LogP contribution in [0.1, 0.15) is 20.3 Å². The lowest BCUT2D eigenvalue weighted by molar-refractivity contribution is 0.905. The zero-order chi connectivity index (χ0) is 5.71. The molecule has 0 radical (unpaired) electrons. The van der Waals surface area contributed by atoms with Gasteiger partial charge in [-0.25, -0.2) is 0 Å². The second kappa shape index (κ2) is 1.11. The molecule has 0 aliphatic heterocycles. The van der Waals surface area contributed by atoms with Crippen molar-refractivity contribution in [1.29, 1.82) is 0 Å². The van der Waals surface area contributed by atoms with Gasteiger partial charge in [0.05, 0.1) is 9.75 Å². The highest BCUT2D eigenvalue weighted by molar-refractivity contribution is 6.39. The lowest BCUT2D eigenvalue weighted by Gasteiger charge is -1.99. The van der Waals surface area contributed by atoms with Gasteiger partial charge in [0.15, 0.2) is 0 Å². The van der Waals surface area contributed by atoms with Gasteiger partial charge in [-0.15, -0.1) is 23.2 Å². The molecule has 1 fully saturated rings. The first-order valence-electron chi connectivity index (χ1n) is 2.34. The Balaban J connectivity index is 2.59. The van der Waals surface area contributed by atoms with Crippen LogP contribution in [0.15, 0.2) is 0 Å². The van der Waals surface area contributed by atoms with Gasteiger partial charge in [-0.1, -0.05) is 0 Å². The van der Waals surface area contributed by atoms with Gasteiger partial charge in [0, 0.05) is 0 Å². The SMILES string of the molecule is C[C@]1(Cl)C[C@]1(C)Cl. The standard InChI is InChI=1S/C5H8Cl2/c1-4(6)3-5(4,2)7/h3H2,1-2H3/t4-,5-/m0/s1. The van der Waals surface area contributed by atoms with Gasteiger partial charge in [-0.3, -0.25) is 0 Å².